The second kappa shape index (κ2) is 9.47. The molecule has 1 saturated carbocycles. The van der Waals surface area contributed by atoms with Crippen LogP contribution in [0.2, 0.25) is 0 Å². The van der Waals surface area contributed by atoms with E-state index in [1.165, 1.54) is 0 Å². The molecule has 8 atom stereocenters. The number of hydrogen-bond acceptors (Lipinski definition) is 11. The number of nitrogens with zero attached hydrogens (tertiary/aromatic N) is 1. The Kier molecular flexibility index (Phi) is 6.71. The molecule has 0 radical (unpaired) electrons. The van der Waals surface area contributed by atoms with Crippen LogP contribution in [0.25, 0.3) is 0 Å². The summed E-state index contributed by atoms with van der Waals surface area (Å²) in [5, 5.41) is 15.2. The molecule has 0 aromatic rings. The van der Waals surface area contributed by atoms with Crippen LogP contribution in [0, 0.1) is 16.2 Å². The van der Waals surface area contributed by atoms with Crippen LogP contribution < -0.4 is 5.32 Å². The Morgan fingerprint density at radius 2 is 1.83 bits per heavy atom. The fourth-order valence-electron chi connectivity index (χ4n) is 9.26. The molecule has 1 aliphatic carbocycles. The van der Waals surface area contributed by atoms with Crippen molar-refractivity contribution in [2.24, 2.45) is 16.2 Å². The molecule has 0 aromatic heterocycles. The summed E-state index contributed by atoms with van der Waals surface area (Å²) < 4.78 is 31.3. The molecule has 1 unspecified atom stereocenters. The normalized spacial score (nSPS) is 43.5. The lowest BCUT2D eigenvalue weighted by molar-refractivity contribution is -0.218. The molecule has 5 fully saturated rings. The molecule has 4 saturated heterocycles. The van der Waals surface area contributed by atoms with E-state index in [0.29, 0.717) is 18.6 Å². The number of carbonyl (C=O) groups is 3. The number of hydrogen-bond donors (Lipinski definition) is 2. The maximum Gasteiger partial charge on any atom is 0.344 e. The first-order valence-electron chi connectivity index (χ1n) is 15.1. The van der Waals surface area contributed by atoms with Gasteiger partial charge in [0.05, 0.1) is 10.8 Å². The van der Waals surface area contributed by atoms with Crippen LogP contribution in [-0.2, 0) is 38.1 Å². The fraction of sp³-hybridized carbons (Fsp3) is 0.833. The first-order chi connectivity index (χ1) is 19.3. The van der Waals surface area contributed by atoms with Crippen molar-refractivity contribution in [2.45, 2.75) is 103 Å². The van der Waals surface area contributed by atoms with Gasteiger partial charge in [0.25, 0.3) is 0 Å². The lowest BCUT2D eigenvalue weighted by Crippen LogP contribution is -2.66. The smallest absolute Gasteiger partial charge is 0.344 e. The van der Waals surface area contributed by atoms with Crippen molar-refractivity contribution in [1.29, 1.82) is 0 Å². The minimum Gasteiger partial charge on any atom is -0.459 e. The second-order valence-corrected chi connectivity index (χ2v) is 14.0. The third-order valence-electron chi connectivity index (χ3n) is 10.3. The zero-order valence-corrected chi connectivity index (χ0v) is 25.0. The molecular weight excluding hydrogens is 532 g/mol. The highest BCUT2D eigenvalue weighted by molar-refractivity contribution is 6.01. The summed E-state index contributed by atoms with van der Waals surface area (Å²) in [7, 11) is 0. The Labute approximate surface area is 241 Å². The molecule has 6 rings (SSSR count). The zero-order valence-electron chi connectivity index (χ0n) is 25.0. The van der Waals surface area contributed by atoms with E-state index < -0.39 is 70.0 Å². The van der Waals surface area contributed by atoms with Crippen molar-refractivity contribution in [3.8, 4) is 0 Å². The maximum atomic E-state index is 14.1. The predicted molar refractivity (Wildman–Crippen MR) is 144 cm³/mol. The summed E-state index contributed by atoms with van der Waals surface area (Å²) >= 11 is 0. The van der Waals surface area contributed by atoms with Crippen LogP contribution in [0.1, 0.15) is 67.2 Å². The largest absolute Gasteiger partial charge is 0.459 e. The molecule has 11 nitrogen and oxygen atoms in total. The highest BCUT2D eigenvalue weighted by atomic mass is 16.7. The Hall–Kier alpha value is -2.05. The SMILES string of the molecule is CC[C@H]1OC(=O)[C@@]23O[C@@H]4OC(=O)[C@H](O)C4(CC(C)(C)C)[C@@]12[C@H](OCCCCN1CCNCC1)[C@]1(C)OC(=O)C(C)=C31. The fourth-order valence-corrected chi connectivity index (χ4v) is 9.26. The standard InChI is InChI=1S/C30H44N2O9/c1-7-18-29-23(37-15-9-8-12-32-13-10-31-11-14-32)27(6)19(17(2)21(34)40-27)30(29,24(36)38-18)41-25-28(29,16-26(3,4)5)20(33)22(35)39-25/h18,20,23,25,31,33H,7-16H2,1-6H3/t18-,20+,23-,25+,27-,28?,29+,30-/m1/s1. The molecule has 0 bridgehead atoms. The van der Waals surface area contributed by atoms with Gasteiger partial charge in [0.15, 0.2) is 11.7 Å². The Balaban J connectivity index is 1.47. The van der Waals surface area contributed by atoms with E-state index in [4.69, 9.17) is 23.7 Å². The molecule has 6 aliphatic rings. The summed E-state index contributed by atoms with van der Waals surface area (Å²) in [5.74, 6) is -2.00. The van der Waals surface area contributed by atoms with E-state index >= 15 is 0 Å². The van der Waals surface area contributed by atoms with Crippen molar-refractivity contribution in [3.63, 3.8) is 0 Å². The van der Waals surface area contributed by atoms with Crippen LogP contribution in [0.5, 0.6) is 0 Å². The highest BCUT2D eigenvalue weighted by Crippen LogP contribution is 2.80. The van der Waals surface area contributed by atoms with Crippen LogP contribution in [0.15, 0.2) is 11.1 Å². The summed E-state index contributed by atoms with van der Waals surface area (Å²) in [6, 6.07) is 0. The van der Waals surface area contributed by atoms with Gasteiger partial charge in [-0.1, -0.05) is 27.7 Å². The highest BCUT2D eigenvalue weighted by Gasteiger charge is 2.97. The molecular formula is C30H44N2O9. The third kappa shape index (κ3) is 3.53. The van der Waals surface area contributed by atoms with Gasteiger partial charge in [-0.2, -0.15) is 0 Å². The number of esters is 3. The topological polar surface area (TPSA) is 133 Å². The van der Waals surface area contributed by atoms with Crippen molar-refractivity contribution >= 4 is 17.9 Å². The Bertz CT molecular complexity index is 1170. The van der Waals surface area contributed by atoms with Gasteiger partial charge in [0.1, 0.15) is 12.2 Å². The van der Waals surface area contributed by atoms with Gasteiger partial charge in [-0.05, 0) is 51.5 Å². The number of aliphatic hydroxyl groups excluding tert-OH is 1. The number of unbranched alkanes of at least 4 members (excludes halogenated alkanes) is 1. The summed E-state index contributed by atoms with van der Waals surface area (Å²) in [4.78, 5) is 42.8. The first-order valence-corrected chi connectivity index (χ1v) is 15.1. The summed E-state index contributed by atoms with van der Waals surface area (Å²) in [6.45, 7) is 16.6. The number of carbonyl (C=O) groups excluding carboxylic acids is 3. The van der Waals surface area contributed by atoms with Crippen LogP contribution in [0.3, 0.4) is 0 Å². The Morgan fingerprint density at radius 3 is 2.49 bits per heavy atom. The van der Waals surface area contributed by atoms with Crippen LogP contribution in [0.4, 0.5) is 0 Å². The number of piperazine rings is 1. The first kappa shape index (κ1) is 29.0. The minimum absolute atomic E-state index is 0.266. The maximum absolute atomic E-state index is 14.1. The number of cyclic esters (lactones) is 1. The summed E-state index contributed by atoms with van der Waals surface area (Å²) in [5.41, 5.74) is -5.73. The van der Waals surface area contributed by atoms with Crippen molar-refractivity contribution < 1.29 is 43.2 Å². The van der Waals surface area contributed by atoms with E-state index in [9.17, 15) is 19.5 Å². The molecule has 0 amide bonds. The molecule has 2 N–H and O–H groups in total. The summed E-state index contributed by atoms with van der Waals surface area (Å²) in [6.07, 6.45) is -2.20. The predicted octanol–water partition coefficient (Wildman–Crippen LogP) is 1.46. The van der Waals surface area contributed by atoms with Gasteiger partial charge in [-0.25, -0.2) is 14.4 Å². The minimum atomic E-state index is -1.80. The number of aliphatic hydroxyl groups is 1. The average Bonchev–Trinajstić information content (AvgIpc) is 3.52. The van der Waals surface area contributed by atoms with Gasteiger partial charge in [-0.3, -0.25) is 0 Å². The lowest BCUT2D eigenvalue weighted by Gasteiger charge is -2.51. The molecule has 5 aliphatic heterocycles. The van der Waals surface area contributed by atoms with Crippen molar-refractivity contribution in [1.82, 2.24) is 10.2 Å². The number of rotatable bonds is 8. The van der Waals surface area contributed by atoms with Crippen molar-refractivity contribution in [2.75, 3.05) is 39.3 Å². The van der Waals surface area contributed by atoms with Gasteiger partial charge in [0, 0.05) is 43.9 Å². The molecule has 41 heavy (non-hydrogen) atoms. The second-order valence-electron chi connectivity index (χ2n) is 14.0. The van der Waals surface area contributed by atoms with E-state index in [0.717, 1.165) is 45.6 Å². The quantitative estimate of drug-likeness (QED) is 0.247. The number of fused-ring (bicyclic) bond motifs is 2. The molecule has 0 aromatic carbocycles. The molecule has 0 spiro atoms. The third-order valence-corrected chi connectivity index (χ3v) is 10.3. The van der Waals surface area contributed by atoms with E-state index in [1.54, 1.807) is 13.8 Å². The van der Waals surface area contributed by atoms with Gasteiger partial charge >= 0.3 is 17.9 Å². The Morgan fingerprint density at radius 1 is 1.12 bits per heavy atom. The monoisotopic (exact) mass is 576 g/mol. The van der Waals surface area contributed by atoms with E-state index in [1.807, 2.05) is 27.7 Å². The lowest BCUT2D eigenvalue weighted by atomic mass is 9.49. The average molecular weight is 577 g/mol. The van der Waals surface area contributed by atoms with Crippen LogP contribution >= 0.6 is 0 Å². The van der Waals surface area contributed by atoms with Gasteiger partial charge in [0.2, 0.25) is 11.9 Å². The van der Waals surface area contributed by atoms with Gasteiger partial charge in [-0.15, -0.1) is 0 Å². The molecule has 11 heteroatoms. The molecule has 228 valence electrons. The van der Waals surface area contributed by atoms with Gasteiger partial charge < -0.3 is 39.0 Å². The number of ether oxygens (including phenoxy) is 5. The zero-order chi connectivity index (χ0) is 29.6. The van der Waals surface area contributed by atoms with Crippen molar-refractivity contribution in [3.05, 3.63) is 11.1 Å². The molecule has 5 heterocycles. The van der Waals surface area contributed by atoms with E-state index in [-0.39, 0.29) is 12.0 Å². The van der Waals surface area contributed by atoms with Crippen LogP contribution in [-0.4, -0.2) is 103 Å². The number of nitrogens with one attached hydrogen (secondary N) is 1. The van der Waals surface area contributed by atoms with E-state index in [2.05, 4.69) is 10.2 Å².